The van der Waals surface area contributed by atoms with Crippen LogP contribution in [0, 0.1) is 0 Å². The van der Waals surface area contributed by atoms with Gasteiger partial charge in [-0.2, -0.15) is 0 Å². The molecule has 0 rings (SSSR count). The van der Waals surface area contributed by atoms with Crippen molar-refractivity contribution in [1.82, 2.24) is 5.32 Å². The van der Waals surface area contributed by atoms with Crippen molar-refractivity contribution >= 4 is 11.9 Å². The van der Waals surface area contributed by atoms with Gasteiger partial charge in [0.25, 0.3) is 0 Å². The van der Waals surface area contributed by atoms with E-state index in [9.17, 15) is 19.8 Å². The molecule has 0 radical (unpaired) electrons. The van der Waals surface area contributed by atoms with Gasteiger partial charge in [-0.05, 0) is 57.8 Å². The van der Waals surface area contributed by atoms with Gasteiger partial charge >= 0.3 is 5.97 Å². The van der Waals surface area contributed by atoms with Gasteiger partial charge in [-0.15, -0.1) is 0 Å². The van der Waals surface area contributed by atoms with Crippen LogP contribution < -0.4 is 5.32 Å². The standard InChI is InChI=1S/C53H101NO5/c1-3-5-7-9-11-13-15-17-19-20-22-24-26-31-35-39-43-47-53(58)59-48-44-40-36-32-28-27-30-34-38-42-46-52(57)54-50(49-55)51(56)45-41-37-33-29-25-23-21-18-16-14-12-10-8-6-4-2/h17,19,41,45,50-51,55-56H,3-16,18,20-40,42-44,46-49H2,1-2H3,(H,54,57)/b19-17-,45-41+. The maximum Gasteiger partial charge on any atom is 0.305 e. The number of hydrogen-bond acceptors (Lipinski definition) is 5. The first kappa shape index (κ1) is 57.3. The van der Waals surface area contributed by atoms with Crippen LogP contribution in [0.3, 0.4) is 0 Å². The fourth-order valence-electron chi connectivity index (χ4n) is 7.92. The largest absolute Gasteiger partial charge is 0.466 e. The number of aliphatic hydroxyl groups excluding tert-OH is 2. The molecule has 2 unspecified atom stereocenters. The average molecular weight is 832 g/mol. The van der Waals surface area contributed by atoms with Crippen molar-refractivity contribution in [2.24, 2.45) is 0 Å². The van der Waals surface area contributed by atoms with E-state index in [0.717, 1.165) is 57.8 Å². The van der Waals surface area contributed by atoms with Gasteiger partial charge in [-0.3, -0.25) is 9.59 Å². The predicted octanol–water partition coefficient (Wildman–Crippen LogP) is 15.5. The third-order valence-corrected chi connectivity index (χ3v) is 12.0. The predicted molar refractivity (Wildman–Crippen MR) is 255 cm³/mol. The SMILES string of the molecule is CCCCCCCC/C=C\CCCCCCCCCC(=O)OCCCCCCCCCCCCC(=O)NC(CO)C(O)/C=C/CCCCCCCCCCCCCCC. The molecule has 0 aliphatic heterocycles. The maximum absolute atomic E-state index is 12.4. The van der Waals surface area contributed by atoms with Crippen molar-refractivity contribution in [3.05, 3.63) is 24.3 Å². The van der Waals surface area contributed by atoms with Gasteiger partial charge in [0, 0.05) is 12.8 Å². The lowest BCUT2D eigenvalue weighted by molar-refractivity contribution is -0.143. The van der Waals surface area contributed by atoms with E-state index in [-0.39, 0.29) is 18.5 Å². The average Bonchev–Trinajstić information content (AvgIpc) is 3.24. The van der Waals surface area contributed by atoms with Crippen molar-refractivity contribution in [2.75, 3.05) is 13.2 Å². The Morgan fingerprint density at radius 2 is 0.797 bits per heavy atom. The third-order valence-electron chi connectivity index (χ3n) is 12.0. The molecule has 1 amide bonds. The molecule has 0 aliphatic rings. The molecular weight excluding hydrogens is 731 g/mol. The summed E-state index contributed by atoms with van der Waals surface area (Å²) < 4.78 is 5.46. The quantitative estimate of drug-likeness (QED) is 0.0322. The number of nitrogens with one attached hydrogen (secondary N) is 1. The lowest BCUT2D eigenvalue weighted by Crippen LogP contribution is -2.45. The molecule has 59 heavy (non-hydrogen) atoms. The first-order chi connectivity index (χ1) is 29.0. The molecule has 6 heteroatoms. The molecule has 2 atom stereocenters. The molecule has 3 N–H and O–H groups in total. The summed E-state index contributed by atoms with van der Waals surface area (Å²) in [5.41, 5.74) is 0. The van der Waals surface area contributed by atoms with Crippen LogP contribution >= 0.6 is 0 Å². The lowest BCUT2D eigenvalue weighted by atomic mass is 10.0. The summed E-state index contributed by atoms with van der Waals surface area (Å²) in [6, 6.07) is -0.644. The van der Waals surface area contributed by atoms with Crippen molar-refractivity contribution < 1.29 is 24.5 Å². The van der Waals surface area contributed by atoms with Gasteiger partial charge in [-0.25, -0.2) is 0 Å². The third kappa shape index (κ3) is 45.7. The smallest absolute Gasteiger partial charge is 0.305 e. The fourth-order valence-corrected chi connectivity index (χ4v) is 7.92. The van der Waals surface area contributed by atoms with Crippen molar-refractivity contribution in [3.63, 3.8) is 0 Å². The molecule has 0 aromatic rings. The molecule has 0 aromatic heterocycles. The number of esters is 1. The van der Waals surface area contributed by atoms with Crippen LogP contribution in [0.5, 0.6) is 0 Å². The van der Waals surface area contributed by atoms with Crippen LogP contribution in [0.4, 0.5) is 0 Å². The number of aliphatic hydroxyl groups is 2. The van der Waals surface area contributed by atoms with E-state index in [1.807, 2.05) is 6.08 Å². The molecule has 0 saturated heterocycles. The number of allylic oxidation sites excluding steroid dienone is 3. The van der Waals surface area contributed by atoms with Gasteiger partial charge in [0.05, 0.1) is 25.4 Å². The van der Waals surface area contributed by atoms with Crippen LogP contribution in [-0.4, -0.2) is 47.4 Å². The van der Waals surface area contributed by atoms with Gasteiger partial charge < -0.3 is 20.3 Å². The zero-order valence-corrected chi connectivity index (χ0v) is 39.5. The van der Waals surface area contributed by atoms with Gasteiger partial charge in [0.2, 0.25) is 5.91 Å². The zero-order chi connectivity index (χ0) is 43.0. The first-order valence-electron chi connectivity index (χ1n) is 26.1. The van der Waals surface area contributed by atoms with Gasteiger partial charge in [0.1, 0.15) is 0 Å². The van der Waals surface area contributed by atoms with E-state index in [4.69, 9.17) is 4.74 Å². The van der Waals surface area contributed by atoms with E-state index in [1.54, 1.807) is 6.08 Å². The number of unbranched alkanes of at least 4 members (excludes halogenated alkanes) is 35. The molecule has 0 aliphatic carbocycles. The minimum Gasteiger partial charge on any atom is -0.466 e. The summed E-state index contributed by atoms with van der Waals surface area (Å²) in [4.78, 5) is 24.5. The second kappa shape index (κ2) is 49.0. The normalized spacial score (nSPS) is 12.8. The van der Waals surface area contributed by atoms with Crippen molar-refractivity contribution in [3.8, 4) is 0 Å². The number of amides is 1. The van der Waals surface area contributed by atoms with Gasteiger partial charge in [0.15, 0.2) is 0 Å². The molecule has 0 heterocycles. The number of ether oxygens (including phenoxy) is 1. The van der Waals surface area contributed by atoms with E-state index in [1.165, 1.54) is 193 Å². The van der Waals surface area contributed by atoms with Crippen molar-refractivity contribution in [1.29, 1.82) is 0 Å². The summed E-state index contributed by atoms with van der Waals surface area (Å²) >= 11 is 0. The summed E-state index contributed by atoms with van der Waals surface area (Å²) in [7, 11) is 0. The van der Waals surface area contributed by atoms with Crippen LogP contribution in [0.2, 0.25) is 0 Å². The minimum absolute atomic E-state index is 0.0243. The Kier molecular flexibility index (Phi) is 47.6. The Bertz CT molecular complexity index is 920. The van der Waals surface area contributed by atoms with E-state index in [0.29, 0.717) is 19.4 Å². The molecule has 0 bridgehead atoms. The molecule has 348 valence electrons. The Morgan fingerprint density at radius 3 is 1.20 bits per heavy atom. The monoisotopic (exact) mass is 832 g/mol. The summed E-state index contributed by atoms with van der Waals surface area (Å²) in [6.45, 7) is 4.85. The van der Waals surface area contributed by atoms with E-state index >= 15 is 0 Å². The molecule has 6 nitrogen and oxygen atoms in total. The van der Waals surface area contributed by atoms with Crippen LogP contribution in [0.25, 0.3) is 0 Å². The number of carbonyl (C=O) groups is 2. The highest BCUT2D eigenvalue weighted by Crippen LogP contribution is 2.15. The van der Waals surface area contributed by atoms with Crippen LogP contribution in [0.1, 0.15) is 277 Å². The molecule has 0 spiro atoms. The maximum atomic E-state index is 12.4. The Balaban J connectivity index is 3.50. The summed E-state index contributed by atoms with van der Waals surface area (Å²) in [5, 5.41) is 23.0. The highest BCUT2D eigenvalue weighted by Gasteiger charge is 2.18. The molecular formula is C53H101NO5. The van der Waals surface area contributed by atoms with E-state index in [2.05, 4.69) is 31.3 Å². The van der Waals surface area contributed by atoms with E-state index < -0.39 is 12.1 Å². The zero-order valence-electron chi connectivity index (χ0n) is 39.5. The van der Waals surface area contributed by atoms with Gasteiger partial charge in [-0.1, -0.05) is 231 Å². The highest BCUT2D eigenvalue weighted by atomic mass is 16.5. The number of rotatable bonds is 48. The molecule has 0 saturated carbocycles. The Morgan fingerprint density at radius 1 is 0.458 bits per heavy atom. The second-order valence-electron chi connectivity index (χ2n) is 17.9. The topological polar surface area (TPSA) is 95.9 Å². The Hall–Kier alpha value is -1.66. The van der Waals surface area contributed by atoms with Crippen LogP contribution in [-0.2, 0) is 14.3 Å². The molecule has 0 aromatic carbocycles. The minimum atomic E-state index is -0.858. The second-order valence-corrected chi connectivity index (χ2v) is 17.9. The van der Waals surface area contributed by atoms with Crippen molar-refractivity contribution in [2.45, 2.75) is 289 Å². The number of carbonyl (C=O) groups excluding carboxylic acids is 2. The first-order valence-corrected chi connectivity index (χ1v) is 26.1. The molecule has 0 fully saturated rings. The highest BCUT2D eigenvalue weighted by molar-refractivity contribution is 5.76. The lowest BCUT2D eigenvalue weighted by Gasteiger charge is -2.20. The number of hydrogen-bond donors (Lipinski definition) is 3. The summed E-state index contributed by atoms with van der Waals surface area (Å²) in [6.07, 6.45) is 57.4. The summed E-state index contributed by atoms with van der Waals surface area (Å²) in [5.74, 6) is -0.115. The fraction of sp³-hybridized carbons (Fsp3) is 0.887. The van der Waals surface area contributed by atoms with Crippen LogP contribution in [0.15, 0.2) is 24.3 Å². The Labute approximate surface area is 367 Å².